The molecule has 0 bridgehead atoms. The van der Waals surface area contributed by atoms with E-state index in [4.69, 9.17) is 4.74 Å². The van der Waals surface area contributed by atoms with Crippen LogP contribution in [0, 0.1) is 12.8 Å². The lowest BCUT2D eigenvalue weighted by Crippen LogP contribution is -2.18. The van der Waals surface area contributed by atoms with Gasteiger partial charge in [-0.1, -0.05) is 82.3 Å². The van der Waals surface area contributed by atoms with Crippen LogP contribution in [-0.4, -0.2) is 18.0 Å². The molecule has 1 heterocycles. The molecule has 0 spiro atoms. The molecule has 2 nitrogen and oxygen atoms in total. The number of aryl methyl sites for hydroxylation is 1. The average molecular weight is 531 g/mol. The molecule has 0 saturated heterocycles. The number of benzene rings is 4. The van der Waals surface area contributed by atoms with Crippen LogP contribution in [0.15, 0.2) is 60.7 Å². The molecule has 1 N–H and O–H groups in total. The fraction of sp³-hybridized carbons (Fsp3) is 0.333. The molecule has 3 atom stereocenters. The van der Waals surface area contributed by atoms with Crippen molar-refractivity contribution < 1.29 is 9.84 Å². The Hall–Kier alpha value is -2.98. The van der Waals surface area contributed by atoms with Gasteiger partial charge in [-0.3, -0.25) is 0 Å². The number of aliphatic hydroxyl groups is 1. The molecule has 8 rings (SSSR count). The van der Waals surface area contributed by atoms with Gasteiger partial charge in [0.2, 0.25) is 0 Å². The van der Waals surface area contributed by atoms with Crippen LogP contribution in [-0.2, 0) is 16.6 Å². The summed E-state index contributed by atoms with van der Waals surface area (Å²) in [5, 5.41) is 15.7. The van der Waals surface area contributed by atoms with E-state index < -0.39 is 5.79 Å². The van der Waals surface area contributed by atoms with Crippen molar-refractivity contribution in [1.29, 1.82) is 0 Å². The molecule has 3 unspecified atom stereocenters. The fourth-order valence-corrected chi connectivity index (χ4v) is 9.62. The highest BCUT2D eigenvalue weighted by atomic mass is 32.1. The summed E-state index contributed by atoms with van der Waals surface area (Å²) in [5.41, 5.74) is 11.8. The lowest BCUT2D eigenvalue weighted by atomic mass is 9.72. The molecule has 1 aromatic heterocycles. The summed E-state index contributed by atoms with van der Waals surface area (Å²) >= 11 is 1.92. The van der Waals surface area contributed by atoms with Crippen LogP contribution in [0.5, 0.6) is 0 Å². The molecule has 4 aromatic carbocycles. The number of fused-ring (bicyclic) bond motifs is 14. The molecular weight excluding hydrogens is 496 g/mol. The fourth-order valence-electron chi connectivity index (χ4n) is 8.23. The van der Waals surface area contributed by atoms with Crippen molar-refractivity contribution >= 4 is 32.2 Å². The Balaban J connectivity index is 1.49. The van der Waals surface area contributed by atoms with E-state index >= 15 is 0 Å². The number of ether oxygens (including phenoxy) is 1. The predicted octanol–water partition coefficient (Wildman–Crippen LogP) is 9.06. The number of methoxy groups -OCH3 is 1. The zero-order chi connectivity index (χ0) is 27.0. The number of hydrogen-bond acceptors (Lipinski definition) is 3. The van der Waals surface area contributed by atoms with Gasteiger partial charge in [-0.15, -0.1) is 11.3 Å². The summed E-state index contributed by atoms with van der Waals surface area (Å²) in [6.45, 7) is 11.6. The van der Waals surface area contributed by atoms with Crippen LogP contribution in [0.2, 0.25) is 0 Å². The predicted molar refractivity (Wildman–Crippen MR) is 163 cm³/mol. The van der Waals surface area contributed by atoms with E-state index in [9.17, 15) is 5.11 Å². The quantitative estimate of drug-likeness (QED) is 0.236. The Morgan fingerprint density at radius 3 is 2.49 bits per heavy atom. The molecule has 196 valence electrons. The van der Waals surface area contributed by atoms with E-state index in [1.165, 1.54) is 75.8 Å². The average Bonchev–Trinajstić information content (AvgIpc) is 3.22. The molecule has 3 aliphatic rings. The molecule has 5 aromatic rings. The van der Waals surface area contributed by atoms with Crippen molar-refractivity contribution in [3.63, 3.8) is 0 Å². The van der Waals surface area contributed by atoms with Gasteiger partial charge in [0.25, 0.3) is 0 Å². The minimum absolute atomic E-state index is 0.0396. The van der Waals surface area contributed by atoms with Gasteiger partial charge < -0.3 is 9.84 Å². The molecule has 1 fully saturated rings. The minimum Gasteiger partial charge on any atom is -0.364 e. The third-order valence-corrected chi connectivity index (χ3v) is 11.0. The first kappa shape index (κ1) is 23.9. The Kier molecular flexibility index (Phi) is 4.65. The van der Waals surface area contributed by atoms with Gasteiger partial charge in [0.15, 0.2) is 5.79 Å². The molecule has 1 saturated carbocycles. The lowest BCUT2D eigenvalue weighted by Gasteiger charge is -2.30. The summed E-state index contributed by atoms with van der Waals surface area (Å²) in [5.74, 6) is -0.631. The van der Waals surface area contributed by atoms with Gasteiger partial charge in [0.05, 0.1) is 11.8 Å². The highest BCUT2D eigenvalue weighted by Crippen LogP contribution is 2.72. The van der Waals surface area contributed by atoms with Crippen LogP contribution < -0.4 is 0 Å². The van der Waals surface area contributed by atoms with Crippen molar-refractivity contribution in [2.45, 2.75) is 64.1 Å². The third kappa shape index (κ3) is 2.89. The molecule has 3 heteroatoms. The monoisotopic (exact) mass is 530 g/mol. The highest BCUT2D eigenvalue weighted by Gasteiger charge is 2.70. The summed E-state index contributed by atoms with van der Waals surface area (Å²) in [6.07, 6.45) is 1.08. The van der Waals surface area contributed by atoms with E-state index in [0.29, 0.717) is 5.92 Å². The summed E-state index contributed by atoms with van der Waals surface area (Å²) in [4.78, 5) is 1.40. The first-order chi connectivity index (χ1) is 18.7. The largest absolute Gasteiger partial charge is 0.364 e. The van der Waals surface area contributed by atoms with E-state index in [-0.39, 0.29) is 17.3 Å². The number of hydrogen-bond donors (Lipinski definition) is 1. The normalized spacial score (nSPS) is 23.5. The zero-order valence-electron chi connectivity index (χ0n) is 23.5. The SMILES string of the molecule is COC1(O)C2c3ccc4c(c3-c3c(c(C)cc5cc(CC(C)C)ccc35)C21)C(C)(C)c1c-4sc2ccccc12. The van der Waals surface area contributed by atoms with Crippen LogP contribution in [0.4, 0.5) is 0 Å². The maximum Gasteiger partial charge on any atom is 0.180 e. The Morgan fingerprint density at radius 2 is 1.72 bits per heavy atom. The molecule has 0 amide bonds. The zero-order valence-corrected chi connectivity index (χ0v) is 24.3. The topological polar surface area (TPSA) is 29.5 Å². The molecule has 0 radical (unpaired) electrons. The molecular formula is C36H34O2S. The van der Waals surface area contributed by atoms with E-state index in [1.54, 1.807) is 7.11 Å². The van der Waals surface area contributed by atoms with Gasteiger partial charge in [-0.2, -0.15) is 0 Å². The van der Waals surface area contributed by atoms with Crippen LogP contribution >= 0.6 is 11.3 Å². The van der Waals surface area contributed by atoms with E-state index in [2.05, 4.69) is 95.3 Å². The summed E-state index contributed by atoms with van der Waals surface area (Å²) in [7, 11) is 1.66. The van der Waals surface area contributed by atoms with Crippen molar-refractivity contribution in [1.82, 2.24) is 0 Å². The maximum absolute atomic E-state index is 11.8. The Morgan fingerprint density at radius 1 is 0.923 bits per heavy atom. The van der Waals surface area contributed by atoms with Crippen molar-refractivity contribution in [3.8, 4) is 21.6 Å². The van der Waals surface area contributed by atoms with Gasteiger partial charge >= 0.3 is 0 Å². The van der Waals surface area contributed by atoms with Gasteiger partial charge in [0, 0.05) is 22.1 Å². The van der Waals surface area contributed by atoms with E-state index in [1.807, 2.05) is 11.3 Å². The van der Waals surface area contributed by atoms with Crippen molar-refractivity contribution in [3.05, 3.63) is 94.0 Å². The lowest BCUT2D eigenvalue weighted by molar-refractivity contribution is -0.110. The van der Waals surface area contributed by atoms with Crippen molar-refractivity contribution in [2.24, 2.45) is 5.92 Å². The second-order valence-corrected chi connectivity index (χ2v) is 14.0. The van der Waals surface area contributed by atoms with Crippen LogP contribution in [0.3, 0.4) is 0 Å². The smallest absolute Gasteiger partial charge is 0.180 e. The second kappa shape index (κ2) is 7.60. The standard InChI is InChI=1S/C36H34O2S/c1-18(2)15-20-11-12-22-21(17-20)16-19(3)27-28(22)29-24(31-33(27)36(31,37)38-6)13-14-25-30(29)35(4,5)32-23-9-7-8-10-26(23)39-34(25)32/h7-14,16-18,31,33,37H,15H2,1-6H3. The first-order valence-corrected chi connectivity index (χ1v) is 15.0. The van der Waals surface area contributed by atoms with Crippen molar-refractivity contribution in [2.75, 3.05) is 7.11 Å². The van der Waals surface area contributed by atoms with Crippen LogP contribution in [0.1, 0.15) is 72.9 Å². The Bertz CT molecular complexity index is 1870. The molecule has 39 heavy (non-hydrogen) atoms. The van der Waals surface area contributed by atoms with Gasteiger partial charge in [-0.25, -0.2) is 0 Å². The minimum atomic E-state index is -1.16. The third-order valence-electron chi connectivity index (χ3n) is 9.76. The maximum atomic E-state index is 11.8. The number of rotatable bonds is 3. The van der Waals surface area contributed by atoms with Gasteiger partial charge in [0.1, 0.15) is 0 Å². The first-order valence-electron chi connectivity index (χ1n) is 14.2. The van der Waals surface area contributed by atoms with Gasteiger partial charge in [-0.05, 0) is 91.6 Å². The van der Waals surface area contributed by atoms with Crippen LogP contribution in [0.25, 0.3) is 42.4 Å². The summed E-state index contributed by atoms with van der Waals surface area (Å²) < 4.78 is 7.23. The highest BCUT2D eigenvalue weighted by molar-refractivity contribution is 7.22. The molecule has 0 aliphatic heterocycles. The second-order valence-electron chi connectivity index (χ2n) is 12.9. The van der Waals surface area contributed by atoms with E-state index in [0.717, 1.165) is 6.42 Å². The Labute approximate surface area is 234 Å². The number of thiophene rings is 1. The summed E-state index contributed by atoms with van der Waals surface area (Å²) in [6, 6.07) is 22.9. The molecule has 3 aliphatic carbocycles.